The average Bonchev–Trinajstić information content (AvgIpc) is 2.65. The molecule has 3 unspecified atom stereocenters. The molecule has 0 spiro atoms. The number of hydroxylamine groups is 1. The van der Waals surface area contributed by atoms with Gasteiger partial charge in [0.1, 0.15) is 5.76 Å². The molecular formula is C10H13NO2. The SMILES string of the molecule is C1=CCC2C(=C1)OCC1CONC12. The molecule has 0 aromatic rings. The molecule has 3 atom stereocenters. The first-order chi connectivity index (χ1) is 6.45. The van der Waals surface area contributed by atoms with E-state index in [0.717, 1.165) is 25.4 Å². The van der Waals surface area contributed by atoms with E-state index < -0.39 is 0 Å². The van der Waals surface area contributed by atoms with Crippen LogP contribution < -0.4 is 5.48 Å². The first-order valence-corrected chi connectivity index (χ1v) is 4.82. The van der Waals surface area contributed by atoms with Crippen molar-refractivity contribution in [2.45, 2.75) is 12.5 Å². The Morgan fingerprint density at radius 3 is 3.38 bits per heavy atom. The second-order valence-electron chi connectivity index (χ2n) is 3.87. The largest absolute Gasteiger partial charge is 0.497 e. The van der Waals surface area contributed by atoms with Crippen molar-refractivity contribution >= 4 is 0 Å². The van der Waals surface area contributed by atoms with Crippen molar-refractivity contribution in [3.8, 4) is 0 Å². The summed E-state index contributed by atoms with van der Waals surface area (Å²) in [6, 6.07) is 0.463. The lowest BCUT2D eigenvalue weighted by molar-refractivity contribution is 0.0633. The van der Waals surface area contributed by atoms with Crippen LogP contribution in [0, 0.1) is 11.8 Å². The maximum Gasteiger partial charge on any atom is 0.101 e. The summed E-state index contributed by atoms with van der Waals surface area (Å²) in [6.45, 7) is 1.59. The summed E-state index contributed by atoms with van der Waals surface area (Å²) in [5.41, 5.74) is 3.10. The molecule has 13 heavy (non-hydrogen) atoms. The normalized spacial score (nSPS) is 41.8. The van der Waals surface area contributed by atoms with Crippen LogP contribution >= 0.6 is 0 Å². The Hall–Kier alpha value is -0.800. The highest BCUT2D eigenvalue weighted by Crippen LogP contribution is 2.35. The van der Waals surface area contributed by atoms with E-state index in [1.54, 1.807) is 0 Å². The van der Waals surface area contributed by atoms with Crippen LogP contribution in [0.3, 0.4) is 0 Å². The molecule has 70 valence electrons. The van der Waals surface area contributed by atoms with Crippen LogP contribution in [0.2, 0.25) is 0 Å². The van der Waals surface area contributed by atoms with Gasteiger partial charge >= 0.3 is 0 Å². The van der Waals surface area contributed by atoms with E-state index in [1.165, 1.54) is 0 Å². The molecule has 3 aliphatic rings. The summed E-state index contributed by atoms with van der Waals surface area (Å²) in [7, 11) is 0. The van der Waals surface area contributed by atoms with Gasteiger partial charge in [0.25, 0.3) is 0 Å². The molecule has 0 amide bonds. The van der Waals surface area contributed by atoms with E-state index in [2.05, 4.69) is 23.7 Å². The van der Waals surface area contributed by atoms with Crippen LogP contribution in [0.25, 0.3) is 0 Å². The van der Waals surface area contributed by atoms with Gasteiger partial charge in [-0.25, -0.2) is 0 Å². The van der Waals surface area contributed by atoms with Gasteiger partial charge in [0.05, 0.1) is 19.3 Å². The van der Waals surface area contributed by atoms with Crippen molar-refractivity contribution in [1.82, 2.24) is 5.48 Å². The third-order valence-electron chi connectivity index (χ3n) is 3.07. The Bertz CT molecular complexity index is 272. The first-order valence-electron chi connectivity index (χ1n) is 4.82. The Morgan fingerprint density at radius 1 is 1.38 bits per heavy atom. The molecule has 0 aromatic carbocycles. The molecule has 2 aliphatic heterocycles. The summed E-state index contributed by atoms with van der Waals surface area (Å²) in [5.74, 6) is 2.15. The smallest absolute Gasteiger partial charge is 0.101 e. The average molecular weight is 179 g/mol. The fraction of sp³-hybridized carbons (Fsp3) is 0.600. The Labute approximate surface area is 77.4 Å². The van der Waals surface area contributed by atoms with Crippen molar-refractivity contribution in [2.24, 2.45) is 11.8 Å². The lowest BCUT2D eigenvalue weighted by Crippen LogP contribution is -2.42. The third kappa shape index (κ3) is 1.11. The van der Waals surface area contributed by atoms with Crippen molar-refractivity contribution in [3.05, 3.63) is 24.0 Å². The van der Waals surface area contributed by atoms with Gasteiger partial charge in [0, 0.05) is 11.8 Å². The number of nitrogens with one attached hydrogen (secondary N) is 1. The topological polar surface area (TPSA) is 30.5 Å². The zero-order chi connectivity index (χ0) is 8.67. The second-order valence-corrected chi connectivity index (χ2v) is 3.87. The fourth-order valence-electron chi connectivity index (χ4n) is 2.32. The highest BCUT2D eigenvalue weighted by atomic mass is 16.7. The summed E-state index contributed by atoms with van der Waals surface area (Å²) < 4.78 is 5.69. The van der Waals surface area contributed by atoms with E-state index in [0.29, 0.717) is 17.9 Å². The van der Waals surface area contributed by atoms with E-state index >= 15 is 0 Å². The highest BCUT2D eigenvalue weighted by Gasteiger charge is 2.41. The molecule has 2 fully saturated rings. The van der Waals surface area contributed by atoms with Gasteiger partial charge in [-0.3, -0.25) is 0 Å². The number of fused-ring (bicyclic) bond motifs is 3. The maximum atomic E-state index is 5.69. The Kier molecular flexibility index (Phi) is 1.67. The van der Waals surface area contributed by atoms with E-state index in [-0.39, 0.29) is 0 Å². The molecule has 1 N–H and O–H groups in total. The molecule has 0 radical (unpaired) electrons. The van der Waals surface area contributed by atoms with Gasteiger partial charge in [-0.2, -0.15) is 5.48 Å². The number of hydrogen-bond acceptors (Lipinski definition) is 3. The predicted molar refractivity (Wildman–Crippen MR) is 47.6 cm³/mol. The fourth-order valence-corrected chi connectivity index (χ4v) is 2.32. The van der Waals surface area contributed by atoms with Crippen LogP contribution in [0.1, 0.15) is 6.42 Å². The maximum absolute atomic E-state index is 5.69. The van der Waals surface area contributed by atoms with Crippen LogP contribution in [0.5, 0.6) is 0 Å². The van der Waals surface area contributed by atoms with Gasteiger partial charge in [-0.05, 0) is 12.5 Å². The lowest BCUT2D eigenvalue weighted by Gasteiger charge is -2.35. The number of rotatable bonds is 0. The molecule has 0 aromatic heterocycles. The number of hydrogen-bond donors (Lipinski definition) is 1. The summed E-state index contributed by atoms with van der Waals surface area (Å²) in [5, 5.41) is 0. The van der Waals surface area contributed by atoms with Crippen LogP contribution in [0.15, 0.2) is 24.0 Å². The minimum atomic E-state index is 0.463. The van der Waals surface area contributed by atoms with E-state index in [9.17, 15) is 0 Å². The summed E-state index contributed by atoms with van der Waals surface area (Å²) in [6.07, 6.45) is 7.41. The minimum Gasteiger partial charge on any atom is -0.497 e. The van der Waals surface area contributed by atoms with Gasteiger partial charge in [0.15, 0.2) is 0 Å². The lowest BCUT2D eigenvalue weighted by atomic mass is 9.82. The van der Waals surface area contributed by atoms with Crippen molar-refractivity contribution < 1.29 is 9.57 Å². The van der Waals surface area contributed by atoms with Crippen molar-refractivity contribution in [1.29, 1.82) is 0 Å². The first kappa shape index (κ1) is 7.59. The van der Waals surface area contributed by atoms with Gasteiger partial charge in [-0.15, -0.1) is 0 Å². The molecule has 3 heteroatoms. The molecule has 2 heterocycles. The molecule has 2 saturated heterocycles. The monoisotopic (exact) mass is 179 g/mol. The van der Waals surface area contributed by atoms with Gasteiger partial charge in [0.2, 0.25) is 0 Å². The van der Waals surface area contributed by atoms with Crippen LogP contribution in [-0.4, -0.2) is 19.3 Å². The summed E-state index contributed by atoms with van der Waals surface area (Å²) >= 11 is 0. The van der Waals surface area contributed by atoms with E-state index in [1.807, 2.05) is 0 Å². The molecule has 3 nitrogen and oxygen atoms in total. The summed E-state index contributed by atoms with van der Waals surface area (Å²) in [4.78, 5) is 5.26. The molecular weight excluding hydrogens is 166 g/mol. The minimum absolute atomic E-state index is 0.463. The number of allylic oxidation sites excluding steroid dienone is 3. The van der Waals surface area contributed by atoms with Crippen molar-refractivity contribution in [2.75, 3.05) is 13.2 Å². The zero-order valence-corrected chi connectivity index (χ0v) is 7.40. The molecule has 0 saturated carbocycles. The van der Waals surface area contributed by atoms with Crippen LogP contribution in [-0.2, 0) is 9.57 Å². The van der Waals surface area contributed by atoms with Crippen molar-refractivity contribution in [3.63, 3.8) is 0 Å². The van der Waals surface area contributed by atoms with E-state index in [4.69, 9.17) is 9.57 Å². The standard InChI is InChI=1S/C10H13NO2/c1-2-4-9-8(3-1)10-7(5-12-9)6-13-11-10/h1-2,4,7-8,10-11H,3,5-6H2. The quantitative estimate of drug-likeness (QED) is 0.601. The predicted octanol–water partition coefficient (Wildman–Crippen LogP) is 0.996. The van der Waals surface area contributed by atoms with Gasteiger partial charge < -0.3 is 9.57 Å². The second kappa shape index (κ2) is 2.86. The van der Waals surface area contributed by atoms with Crippen LogP contribution in [0.4, 0.5) is 0 Å². The third-order valence-corrected chi connectivity index (χ3v) is 3.07. The Balaban J connectivity index is 1.88. The van der Waals surface area contributed by atoms with Gasteiger partial charge in [-0.1, -0.05) is 12.2 Å². The number of ether oxygens (including phenoxy) is 1. The highest BCUT2D eigenvalue weighted by molar-refractivity contribution is 5.20. The Morgan fingerprint density at radius 2 is 2.38 bits per heavy atom. The molecule has 0 bridgehead atoms. The molecule has 1 aliphatic carbocycles. The molecule has 3 rings (SSSR count). The zero-order valence-electron chi connectivity index (χ0n) is 7.40.